The highest BCUT2D eigenvalue weighted by Crippen LogP contribution is 2.37. The number of Topliss-reactive ketones (excluding diaryl/α,β-unsaturated/α-hetero) is 1. The van der Waals surface area contributed by atoms with Crippen molar-refractivity contribution in [3.05, 3.63) is 59.2 Å². The second-order valence-electron chi connectivity index (χ2n) is 4.33. The summed E-state index contributed by atoms with van der Waals surface area (Å²) >= 11 is 1.45. The number of carboxylic acid groups (broad SMARTS) is 1. The van der Waals surface area contributed by atoms with Crippen molar-refractivity contribution in [2.24, 2.45) is 0 Å². The summed E-state index contributed by atoms with van der Waals surface area (Å²) in [4.78, 5) is 24.9. The Kier molecular flexibility index (Phi) is 2.87. The van der Waals surface area contributed by atoms with Gasteiger partial charge in [0.2, 0.25) is 0 Å². The SMILES string of the molecule is O=C(O)c1ccc2c(c1)Sc1ccccc1CC2=O. The van der Waals surface area contributed by atoms with Crippen molar-refractivity contribution in [2.45, 2.75) is 16.2 Å². The van der Waals surface area contributed by atoms with Gasteiger partial charge in [-0.15, -0.1) is 0 Å². The summed E-state index contributed by atoms with van der Waals surface area (Å²) in [6.45, 7) is 0. The van der Waals surface area contributed by atoms with Crippen molar-refractivity contribution in [2.75, 3.05) is 0 Å². The highest BCUT2D eigenvalue weighted by molar-refractivity contribution is 7.99. The van der Waals surface area contributed by atoms with Crippen LogP contribution < -0.4 is 0 Å². The summed E-state index contributed by atoms with van der Waals surface area (Å²) < 4.78 is 0. The lowest BCUT2D eigenvalue weighted by Crippen LogP contribution is -2.04. The predicted octanol–water partition coefficient (Wildman–Crippen LogP) is 3.27. The molecule has 0 saturated carbocycles. The van der Waals surface area contributed by atoms with Crippen LogP contribution in [0.1, 0.15) is 26.3 Å². The highest BCUT2D eigenvalue weighted by atomic mass is 32.2. The van der Waals surface area contributed by atoms with Gasteiger partial charge in [0.05, 0.1) is 5.56 Å². The van der Waals surface area contributed by atoms with E-state index in [4.69, 9.17) is 5.11 Å². The molecule has 3 nitrogen and oxygen atoms in total. The van der Waals surface area contributed by atoms with Gasteiger partial charge in [0.25, 0.3) is 0 Å². The normalized spacial score (nSPS) is 13.4. The lowest BCUT2D eigenvalue weighted by Gasteiger charge is -2.05. The molecule has 0 atom stereocenters. The van der Waals surface area contributed by atoms with E-state index in [1.54, 1.807) is 12.1 Å². The zero-order valence-corrected chi connectivity index (χ0v) is 10.7. The zero-order chi connectivity index (χ0) is 13.4. The molecule has 0 fully saturated rings. The Balaban J connectivity index is 2.15. The van der Waals surface area contributed by atoms with Crippen LogP contribution in [0, 0.1) is 0 Å². The van der Waals surface area contributed by atoms with Crippen molar-refractivity contribution in [3.8, 4) is 0 Å². The summed E-state index contributed by atoms with van der Waals surface area (Å²) in [6, 6.07) is 12.4. The number of benzene rings is 2. The Morgan fingerprint density at radius 1 is 1.11 bits per heavy atom. The van der Waals surface area contributed by atoms with Gasteiger partial charge in [-0.25, -0.2) is 4.79 Å². The highest BCUT2D eigenvalue weighted by Gasteiger charge is 2.21. The Morgan fingerprint density at radius 3 is 2.68 bits per heavy atom. The number of carboxylic acids is 1. The van der Waals surface area contributed by atoms with E-state index < -0.39 is 5.97 Å². The first-order valence-electron chi connectivity index (χ1n) is 5.81. The van der Waals surface area contributed by atoms with Crippen LogP contribution in [-0.2, 0) is 6.42 Å². The molecule has 0 radical (unpaired) electrons. The molecule has 0 aromatic heterocycles. The van der Waals surface area contributed by atoms with E-state index in [1.807, 2.05) is 24.3 Å². The molecule has 94 valence electrons. The molecule has 0 aliphatic carbocycles. The minimum absolute atomic E-state index is 0.0318. The van der Waals surface area contributed by atoms with Gasteiger partial charge in [0, 0.05) is 21.8 Å². The Bertz CT molecular complexity index is 692. The second-order valence-corrected chi connectivity index (χ2v) is 5.41. The number of ketones is 1. The minimum Gasteiger partial charge on any atom is -0.478 e. The van der Waals surface area contributed by atoms with Crippen molar-refractivity contribution in [1.82, 2.24) is 0 Å². The first kappa shape index (κ1) is 12.0. The average molecular weight is 270 g/mol. The standard InChI is InChI=1S/C15H10O3S/c16-12-7-9-3-1-2-4-13(9)19-14-8-10(15(17)18)5-6-11(12)14/h1-6,8H,7H2,(H,17,18). The van der Waals surface area contributed by atoms with Gasteiger partial charge >= 0.3 is 5.97 Å². The smallest absolute Gasteiger partial charge is 0.335 e. The molecule has 4 heteroatoms. The van der Waals surface area contributed by atoms with Crippen LogP contribution in [-0.4, -0.2) is 16.9 Å². The summed E-state index contributed by atoms with van der Waals surface area (Å²) in [5.74, 6) is -0.947. The molecule has 0 spiro atoms. The predicted molar refractivity (Wildman–Crippen MR) is 72.0 cm³/mol. The maximum Gasteiger partial charge on any atom is 0.335 e. The fourth-order valence-electron chi connectivity index (χ4n) is 2.11. The van der Waals surface area contributed by atoms with Crippen LogP contribution in [0.4, 0.5) is 0 Å². The number of hydrogen-bond donors (Lipinski definition) is 1. The van der Waals surface area contributed by atoms with E-state index in [2.05, 4.69) is 0 Å². The van der Waals surface area contributed by atoms with Crippen LogP contribution in [0.15, 0.2) is 52.3 Å². The molecule has 1 heterocycles. The average Bonchev–Trinajstić information content (AvgIpc) is 2.54. The third-order valence-electron chi connectivity index (χ3n) is 3.07. The molecule has 3 rings (SSSR count). The van der Waals surface area contributed by atoms with Gasteiger partial charge in [-0.3, -0.25) is 4.79 Å². The molecule has 0 saturated heterocycles. The number of fused-ring (bicyclic) bond motifs is 2. The maximum atomic E-state index is 12.2. The fraction of sp³-hybridized carbons (Fsp3) is 0.0667. The van der Waals surface area contributed by atoms with Crippen LogP contribution in [0.2, 0.25) is 0 Å². The second kappa shape index (κ2) is 4.55. The van der Waals surface area contributed by atoms with E-state index >= 15 is 0 Å². The van der Waals surface area contributed by atoms with E-state index in [0.29, 0.717) is 12.0 Å². The van der Waals surface area contributed by atoms with Gasteiger partial charge in [-0.1, -0.05) is 30.0 Å². The number of carbonyl (C=O) groups is 2. The topological polar surface area (TPSA) is 54.4 Å². The monoisotopic (exact) mass is 270 g/mol. The van der Waals surface area contributed by atoms with Crippen LogP contribution >= 0.6 is 11.8 Å². The van der Waals surface area contributed by atoms with Gasteiger partial charge < -0.3 is 5.11 Å². The van der Waals surface area contributed by atoms with Crippen LogP contribution in [0.3, 0.4) is 0 Å². The number of rotatable bonds is 1. The van der Waals surface area contributed by atoms with Gasteiger partial charge in [-0.2, -0.15) is 0 Å². The van der Waals surface area contributed by atoms with E-state index in [-0.39, 0.29) is 11.3 Å². The van der Waals surface area contributed by atoms with E-state index in [0.717, 1.165) is 15.4 Å². The third kappa shape index (κ3) is 2.15. The largest absolute Gasteiger partial charge is 0.478 e. The van der Waals surface area contributed by atoms with Crippen molar-refractivity contribution < 1.29 is 14.7 Å². The van der Waals surface area contributed by atoms with Crippen LogP contribution in [0.25, 0.3) is 0 Å². The molecule has 1 aliphatic heterocycles. The van der Waals surface area contributed by atoms with Crippen molar-refractivity contribution >= 4 is 23.5 Å². The first-order chi connectivity index (χ1) is 9.15. The van der Waals surface area contributed by atoms with Crippen molar-refractivity contribution in [3.63, 3.8) is 0 Å². The molecular formula is C15H10O3S. The maximum absolute atomic E-state index is 12.2. The first-order valence-corrected chi connectivity index (χ1v) is 6.63. The Hall–Kier alpha value is -2.07. The van der Waals surface area contributed by atoms with Gasteiger partial charge in [-0.05, 0) is 29.8 Å². The molecule has 2 aromatic rings. The zero-order valence-electron chi connectivity index (χ0n) is 9.92. The quantitative estimate of drug-likeness (QED) is 0.864. The molecule has 1 N–H and O–H groups in total. The van der Waals surface area contributed by atoms with Gasteiger partial charge in [0.15, 0.2) is 5.78 Å². The molecule has 0 bridgehead atoms. The van der Waals surface area contributed by atoms with E-state index in [9.17, 15) is 9.59 Å². The summed E-state index contributed by atoms with van der Waals surface area (Å²) in [7, 11) is 0. The Morgan fingerprint density at radius 2 is 1.89 bits per heavy atom. The van der Waals surface area contributed by atoms with Crippen LogP contribution in [0.5, 0.6) is 0 Å². The summed E-state index contributed by atoms with van der Waals surface area (Å²) in [6.07, 6.45) is 0.364. The van der Waals surface area contributed by atoms with E-state index in [1.165, 1.54) is 17.8 Å². The minimum atomic E-state index is -0.978. The number of hydrogen-bond acceptors (Lipinski definition) is 3. The number of aromatic carboxylic acids is 1. The molecular weight excluding hydrogens is 260 g/mol. The summed E-state index contributed by atoms with van der Waals surface area (Å²) in [5, 5.41) is 9.02. The van der Waals surface area contributed by atoms with Gasteiger partial charge in [0.1, 0.15) is 0 Å². The molecule has 1 aliphatic rings. The lowest BCUT2D eigenvalue weighted by atomic mass is 10.0. The fourth-order valence-corrected chi connectivity index (χ4v) is 3.24. The lowest BCUT2D eigenvalue weighted by molar-refractivity contribution is 0.0696. The van der Waals surface area contributed by atoms with Crippen molar-refractivity contribution in [1.29, 1.82) is 0 Å². The molecule has 0 unspecified atom stereocenters. The number of carbonyl (C=O) groups excluding carboxylic acids is 1. The third-order valence-corrected chi connectivity index (χ3v) is 4.25. The molecule has 19 heavy (non-hydrogen) atoms. The Labute approximate surface area is 114 Å². The summed E-state index contributed by atoms with van der Waals surface area (Å²) in [5.41, 5.74) is 1.80. The molecule has 0 amide bonds. The molecule has 2 aromatic carbocycles.